The molecule has 2 fully saturated rings. The Labute approximate surface area is 125 Å². The van der Waals surface area contributed by atoms with E-state index >= 15 is 0 Å². The molecule has 4 nitrogen and oxygen atoms in total. The zero-order chi connectivity index (χ0) is 15.6. The van der Waals surface area contributed by atoms with Crippen LogP contribution < -0.4 is 0 Å². The van der Waals surface area contributed by atoms with Crippen LogP contribution in [0.5, 0.6) is 0 Å². The van der Waals surface area contributed by atoms with Crippen molar-refractivity contribution in [2.75, 3.05) is 39.3 Å². The van der Waals surface area contributed by atoms with Crippen molar-refractivity contribution in [3.63, 3.8) is 0 Å². The van der Waals surface area contributed by atoms with Crippen LogP contribution in [0.1, 0.15) is 53.9 Å². The molecule has 120 valence electrons. The minimum Gasteiger partial charge on any atom is -0.396 e. The molecule has 2 aliphatic rings. The Bertz CT molecular complexity index is 257. The van der Waals surface area contributed by atoms with Gasteiger partial charge in [-0.05, 0) is 12.8 Å². The van der Waals surface area contributed by atoms with E-state index in [4.69, 9.17) is 0 Å². The van der Waals surface area contributed by atoms with Gasteiger partial charge in [-0.3, -0.25) is 9.69 Å². The maximum Gasteiger partial charge on any atom is 0.222 e. The van der Waals surface area contributed by atoms with E-state index in [9.17, 15) is 9.90 Å². The molecular weight excluding hydrogens is 252 g/mol. The summed E-state index contributed by atoms with van der Waals surface area (Å²) in [5, 5.41) is 9.27. The molecule has 0 unspecified atom stereocenters. The molecule has 0 atom stereocenters. The van der Waals surface area contributed by atoms with E-state index in [-0.39, 0.29) is 11.3 Å². The van der Waals surface area contributed by atoms with E-state index in [0.717, 1.165) is 45.6 Å². The Morgan fingerprint density at radius 1 is 1.05 bits per heavy atom. The molecule has 0 aromatic rings. The van der Waals surface area contributed by atoms with Gasteiger partial charge in [0.1, 0.15) is 0 Å². The number of hydrogen-bond donors (Lipinski definition) is 1. The molecule has 0 radical (unpaired) electrons. The molecule has 1 N–H and O–H groups in total. The van der Waals surface area contributed by atoms with Crippen LogP contribution in [0.3, 0.4) is 0 Å². The Hall–Kier alpha value is -0.610. The largest absolute Gasteiger partial charge is 0.396 e. The van der Waals surface area contributed by atoms with Gasteiger partial charge in [-0.25, -0.2) is 0 Å². The first-order chi connectivity index (χ1) is 9.69. The summed E-state index contributed by atoms with van der Waals surface area (Å²) >= 11 is 0. The lowest BCUT2D eigenvalue weighted by atomic mass is 10.1. The Morgan fingerprint density at radius 3 is 1.90 bits per heavy atom. The highest BCUT2D eigenvalue weighted by molar-refractivity contribution is 5.75. The van der Waals surface area contributed by atoms with Crippen LogP contribution in [0.15, 0.2) is 0 Å². The van der Waals surface area contributed by atoms with Crippen LogP contribution in [-0.4, -0.2) is 60.1 Å². The minimum absolute atomic E-state index is 0.205. The Kier molecular flexibility index (Phi) is 9.86. The van der Waals surface area contributed by atoms with Crippen LogP contribution in [0.4, 0.5) is 0 Å². The number of amides is 1. The van der Waals surface area contributed by atoms with Crippen molar-refractivity contribution in [3.05, 3.63) is 0 Å². The van der Waals surface area contributed by atoms with Gasteiger partial charge in [0.15, 0.2) is 0 Å². The Balaban J connectivity index is 0.000000829. The lowest BCUT2D eigenvalue weighted by molar-refractivity contribution is -0.132. The summed E-state index contributed by atoms with van der Waals surface area (Å²) < 4.78 is 0. The van der Waals surface area contributed by atoms with Gasteiger partial charge < -0.3 is 10.0 Å². The summed E-state index contributed by atoms with van der Waals surface area (Å²) in [6.07, 6.45) is 2.94. The van der Waals surface area contributed by atoms with Crippen molar-refractivity contribution < 1.29 is 9.90 Å². The zero-order valence-electron chi connectivity index (χ0n) is 14.1. The molecule has 1 saturated heterocycles. The van der Waals surface area contributed by atoms with Crippen molar-refractivity contribution in [3.8, 4) is 0 Å². The minimum atomic E-state index is 0.205. The fourth-order valence-electron chi connectivity index (χ4n) is 2.40. The summed E-state index contributed by atoms with van der Waals surface area (Å²) in [6, 6.07) is 0. The molecule has 20 heavy (non-hydrogen) atoms. The van der Waals surface area contributed by atoms with Gasteiger partial charge in [0.2, 0.25) is 5.91 Å². The molecule has 1 aliphatic carbocycles. The molecule has 4 heteroatoms. The van der Waals surface area contributed by atoms with Crippen molar-refractivity contribution in [2.45, 2.75) is 53.9 Å². The third-order valence-electron chi connectivity index (χ3n) is 3.88. The predicted molar refractivity (Wildman–Crippen MR) is 84.8 cm³/mol. The van der Waals surface area contributed by atoms with Crippen LogP contribution >= 0.6 is 0 Å². The number of rotatable bonds is 4. The van der Waals surface area contributed by atoms with E-state index in [1.54, 1.807) is 0 Å². The van der Waals surface area contributed by atoms with E-state index in [2.05, 4.69) is 4.90 Å². The number of carbonyl (C=O) groups excluding carboxylic acids is 1. The third kappa shape index (κ3) is 5.80. The molecular formula is C16H34N2O2. The maximum atomic E-state index is 11.5. The highest BCUT2D eigenvalue weighted by atomic mass is 16.3. The molecule has 1 saturated carbocycles. The lowest BCUT2D eigenvalue weighted by Gasteiger charge is -2.36. The molecule has 1 heterocycles. The fraction of sp³-hybridized carbons (Fsp3) is 0.938. The average molecular weight is 286 g/mol. The molecule has 0 aromatic heterocycles. The number of piperazine rings is 1. The first-order valence-corrected chi connectivity index (χ1v) is 8.30. The summed E-state index contributed by atoms with van der Waals surface area (Å²) in [7, 11) is 0. The fourth-order valence-corrected chi connectivity index (χ4v) is 2.40. The van der Waals surface area contributed by atoms with Crippen molar-refractivity contribution in [1.82, 2.24) is 9.80 Å². The molecule has 1 amide bonds. The van der Waals surface area contributed by atoms with E-state index in [1.807, 2.05) is 39.5 Å². The highest BCUT2D eigenvalue weighted by Crippen LogP contribution is 2.45. The first kappa shape index (κ1) is 19.4. The number of aliphatic hydroxyl groups excluding tert-OH is 1. The lowest BCUT2D eigenvalue weighted by Crippen LogP contribution is -2.50. The van der Waals surface area contributed by atoms with Gasteiger partial charge in [0.25, 0.3) is 0 Å². The van der Waals surface area contributed by atoms with Crippen LogP contribution in [0.25, 0.3) is 0 Å². The van der Waals surface area contributed by atoms with Gasteiger partial charge in [0, 0.05) is 51.2 Å². The molecule has 0 bridgehead atoms. The predicted octanol–water partition coefficient (Wildman–Crippen LogP) is 2.37. The average Bonchev–Trinajstić information content (AvgIpc) is 3.31. The van der Waals surface area contributed by atoms with Gasteiger partial charge in [-0.15, -0.1) is 0 Å². The molecule has 1 aliphatic heterocycles. The number of carbonyl (C=O) groups is 1. The van der Waals surface area contributed by atoms with Crippen molar-refractivity contribution in [2.24, 2.45) is 5.41 Å². The van der Waals surface area contributed by atoms with E-state index < -0.39 is 0 Å². The smallest absolute Gasteiger partial charge is 0.222 e. The summed E-state index contributed by atoms with van der Waals surface area (Å²) in [4.78, 5) is 15.8. The number of nitrogens with zero attached hydrogens (tertiary/aromatic N) is 2. The summed E-state index contributed by atoms with van der Waals surface area (Å²) in [5.74, 6) is 0.267. The van der Waals surface area contributed by atoms with E-state index in [1.165, 1.54) is 0 Å². The topological polar surface area (TPSA) is 43.8 Å². The van der Waals surface area contributed by atoms with Crippen LogP contribution in [0.2, 0.25) is 0 Å². The van der Waals surface area contributed by atoms with Crippen molar-refractivity contribution in [1.29, 1.82) is 0 Å². The summed E-state index contributed by atoms with van der Waals surface area (Å²) in [5.41, 5.74) is 0.205. The SMILES string of the molecule is CC.CC.CCC(=O)N1CCN(CC2(CO)CC2)CC1. The zero-order valence-corrected chi connectivity index (χ0v) is 14.1. The van der Waals surface area contributed by atoms with E-state index in [0.29, 0.717) is 13.0 Å². The second-order valence-electron chi connectivity index (χ2n) is 5.17. The van der Waals surface area contributed by atoms with Crippen molar-refractivity contribution >= 4 is 5.91 Å². The second kappa shape index (κ2) is 10.2. The second-order valence-corrected chi connectivity index (χ2v) is 5.17. The standard InChI is InChI=1S/C12H22N2O2.2C2H6/c1-2-11(16)14-7-5-13(6-8-14)9-12(10-15)3-4-12;2*1-2/h15H,2-10H2,1H3;2*1-2H3. The highest BCUT2D eigenvalue weighted by Gasteiger charge is 2.43. The maximum absolute atomic E-state index is 11.5. The monoisotopic (exact) mass is 286 g/mol. The van der Waals surface area contributed by atoms with Gasteiger partial charge >= 0.3 is 0 Å². The van der Waals surface area contributed by atoms with Gasteiger partial charge in [-0.2, -0.15) is 0 Å². The normalized spacial score (nSPS) is 20.2. The molecule has 2 rings (SSSR count). The van der Waals surface area contributed by atoms with Gasteiger partial charge in [0.05, 0.1) is 0 Å². The Morgan fingerprint density at radius 2 is 1.55 bits per heavy atom. The molecule has 0 spiro atoms. The summed E-state index contributed by atoms with van der Waals surface area (Å²) in [6.45, 7) is 14.9. The number of aliphatic hydroxyl groups is 1. The number of hydrogen-bond acceptors (Lipinski definition) is 3. The first-order valence-electron chi connectivity index (χ1n) is 8.30. The van der Waals surface area contributed by atoms with Gasteiger partial charge in [-0.1, -0.05) is 34.6 Å². The van der Waals surface area contributed by atoms with Crippen LogP contribution in [0, 0.1) is 5.41 Å². The third-order valence-corrected chi connectivity index (χ3v) is 3.88. The quantitative estimate of drug-likeness (QED) is 0.863. The van der Waals surface area contributed by atoms with Crippen LogP contribution in [-0.2, 0) is 4.79 Å². The molecule has 0 aromatic carbocycles.